The van der Waals surface area contributed by atoms with E-state index in [0.717, 1.165) is 18.4 Å². The van der Waals surface area contributed by atoms with Crippen molar-refractivity contribution in [1.82, 2.24) is 4.57 Å². The predicted octanol–water partition coefficient (Wildman–Crippen LogP) is 2.50. The lowest BCUT2D eigenvalue weighted by atomic mass is 10.0. The van der Waals surface area contributed by atoms with Gasteiger partial charge in [0.15, 0.2) is 0 Å². The Morgan fingerprint density at radius 1 is 1.38 bits per heavy atom. The Balaban J connectivity index is 2.18. The first-order valence-electron chi connectivity index (χ1n) is 5.40. The molecule has 0 N–H and O–H groups in total. The monoisotopic (exact) mass is 212 g/mol. The lowest BCUT2D eigenvalue weighted by Gasteiger charge is -2.08. The number of fused-ring (bicyclic) bond motifs is 1. The van der Waals surface area contributed by atoms with Crippen LogP contribution in [0.15, 0.2) is 35.5 Å². The van der Waals surface area contributed by atoms with Crippen molar-refractivity contribution >= 4 is 17.0 Å². The first-order valence-corrected chi connectivity index (χ1v) is 5.40. The number of aliphatic imine (C=N–C) groups is 1. The van der Waals surface area contributed by atoms with Crippen LogP contribution in [0.4, 0.5) is 0 Å². The zero-order valence-corrected chi connectivity index (χ0v) is 9.10. The van der Waals surface area contributed by atoms with Crippen LogP contribution >= 0.6 is 0 Å². The Morgan fingerprint density at radius 2 is 2.19 bits per heavy atom. The standard InChI is InChI=1S/C13H12N2O/c1-15-7-4-10-2-3-11(8-12(10)15)13(5-6-13)14-9-16/h2-4,7-8H,5-6H2,1H3. The minimum absolute atomic E-state index is 0.264. The third-order valence-corrected chi connectivity index (χ3v) is 3.41. The molecule has 0 radical (unpaired) electrons. The Bertz CT molecular complexity index is 601. The average Bonchev–Trinajstić information content (AvgIpc) is 2.99. The van der Waals surface area contributed by atoms with Crippen molar-refractivity contribution in [3.8, 4) is 0 Å². The molecule has 1 fully saturated rings. The highest BCUT2D eigenvalue weighted by molar-refractivity contribution is 5.81. The number of carbonyl (C=O) groups excluding carboxylic acids is 1. The largest absolute Gasteiger partial charge is 0.351 e. The maximum Gasteiger partial charge on any atom is 0.235 e. The molecule has 0 amide bonds. The van der Waals surface area contributed by atoms with Gasteiger partial charge >= 0.3 is 0 Å². The molecule has 3 nitrogen and oxygen atoms in total. The van der Waals surface area contributed by atoms with E-state index in [9.17, 15) is 4.79 Å². The molecule has 1 saturated carbocycles. The quantitative estimate of drug-likeness (QED) is 0.556. The molecule has 0 atom stereocenters. The lowest BCUT2D eigenvalue weighted by Crippen LogP contribution is -2.02. The summed E-state index contributed by atoms with van der Waals surface area (Å²) in [6.07, 6.45) is 5.65. The molecule has 1 aliphatic rings. The van der Waals surface area contributed by atoms with E-state index < -0.39 is 0 Å². The van der Waals surface area contributed by atoms with Gasteiger partial charge in [0, 0.05) is 18.8 Å². The van der Waals surface area contributed by atoms with Gasteiger partial charge in [-0.3, -0.25) is 0 Å². The smallest absolute Gasteiger partial charge is 0.235 e. The molecule has 0 unspecified atom stereocenters. The van der Waals surface area contributed by atoms with Crippen LogP contribution in [0, 0.1) is 0 Å². The zero-order valence-electron chi connectivity index (χ0n) is 9.10. The number of aryl methyl sites for hydroxylation is 1. The molecule has 0 bridgehead atoms. The topological polar surface area (TPSA) is 34.4 Å². The first kappa shape index (κ1) is 9.37. The van der Waals surface area contributed by atoms with Crippen LogP contribution in [-0.4, -0.2) is 10.6 Å². The van der Waals surface area contributed by atoms with Gasteiger partial charge in [0.2, 0.25) is 6.08 Å². The van der Waals surface area contributed by atoms with Crippen molar-refractivity contribution in [3.05, 3.63) is 36.0 Å². The highest BCUT2D eigenvalue weighted by Gasteiger charge is 2.44. The number of isocyanates is 1. The molecule has 1 heterocycles. The number of rotatable bonds is 2. The van der Waals surface area contributed by atoms with Crippen LogP contribution in [-0.2, 0) is 17.4 Å². The van der Waals surface area contributed by atoms with Crippen molar-refractivity contribution < 1.29 is 4.79 Å². The van der Waals surface area contributed by atoms with Crippen molar-refractivity contribution in [1.29, 1.82) is 0 Å². The highest BCUT2D eigenvalue weighted by Crippen LogP contribution is 2.49. The maximum absolute atomic E-state index is 10.4. The summed E-state index contributed by atoms with van der Waals surface area (Å²) in [6.45, 7) is 0. The normalized spacial score (nSPS) is 17.1. The second-order valence-electron chi connectivity index (χ2n) is 4.43. The summed E-state index contributed by atoms with van der Waals surface area (Å²) in [7, 11) is 2.02. The van der Waals surface area contributed by atoms with E-state index in [1.54, 1.807) is 6.08 Å². The van der Waals surface area contributed by atoms with Gasteiger partial charge in [0.1, 0.15) is 0 Å². The van der Waals surface area contributed by atoms with E-state index in [1.165, 1.54) is 10.9 Å². The van der Waals surface area contributed by atoms with Crippen LogP contribution in [0.5, 0.6) is 0 Å². The van der Waals surface area contributed by atoms with Crippen molar-refractivity contribution in [2.45, 2.75) is 18.4 Å². The molecule has 0 spiro atoms. The van der Waals surface area contributed by atoms with Crippen LogP contribution in [0.2, 0.25) is 0 Å². The Kier molecular flexibility index (Phi) is 1.79. The fourth-order valence-corrected chi connectivity index (χ4v) is 2.22. The van der Waals surface area contributed by atoms with Gasteiger partial charge in [-0.25, -0.2) is 4.79 Å². The van der Waals surface area contributed by atoms with Crippen molar-refractivity contribution in [2.75, 3.05) is 0 Å². The SMILES string of the molecule is Cn1ccc2ccc(C3(N=C=O)CC3)cc21. The van der Waals surface area contributed by atoms with Crippen molar-refractivity contribution in [2.24, 2.45) is 12.0 Å². The maximum atomic E-state index is 10.4. The molecule has 0 saturated heterocycles. The van der Waals surface area contributed by atoms with E-state index in [1.807, 2.05) is 13.2 Å². The fraction of sp³-hybridized carbons (Fsp3) is 0.308. The van der Waals surface area contributed by atoms with Gasteiger partial charge in [-0.15, -0.1) is 0 Å². The molecular weight excluding hydrogens is 200 g/mol. The summed E-state index contributed by atoms with van der Waals surface area (Å²) >= 11 is 0. The van der Waals surface area contributed by atoms with Gasteiger partial charge in [-0.05, 0) is 35.9 Å². The molecule has 1 aromatic carbocycles. The molecule has 3 rings (SSSR count). The summed E-state index contributed by atoms with van der Waals surface area (Å²) in [5.41, 5.74) is 2.05. The van der Waals surface area contributed by atoms with E-state index >= 15 is 0 Å². The first-order chi connectivity index (χ1) is 7.75. The third kappa shape index (κ3) is 1.22. The zero-order chi connectivity index (χ0) is 11.2. The van der Waals surface area contributed by atoms with Gasteiger partial charge in [-0.1, -0.05) is 12.1 Å². The van der Waals surface area contributed by atoms with Crippen molar-refractivity contribution in [3.63, 3.8) is 0 Å². The molecule has 1 aromatic heterocycles. The van der Waals surface area contributed by atoms with Crippen LogP contribution in [0.25, 0.3) is 10.9 Å². The van der Waals surface area contributed by atoms with Gasteiger partial charge in [0.05, 0.1) is 5.54 Å². The Labute approximate surface area is 93.4 Å². The molecule has 16 heavy (non-hydrogen) atoms. The molecule has 2 aromatic rings. The summed E-state index contributed by atoms with van der Waals surface area (Å²) in [5.74, 6) is 0. The number of benzene rings is 1. The van der Waals surface area contributed by atoms with Crippen LogP contribution in [0.1, 0.15) is 18.4 Å². The lowest BCUT2D eigenvalue weighted by molar-refractivity contribution is 0.556. The number of nitrogens with zero attached hydrogens (tertiary/aromatic N) is 2. The second-order valence-corrected chi connectivity index (χ2v) is 4.43. The average molecular weight is 212 g/mol. The van der Waals surface area contributed by atoms with Crippen LogP contribution < -0.4 is 0 Å². The summed E-state index contributed by atoms with van der Waals surface area (Å²) in [6, 6.07) is 8.37. The van der Waals surface area contributed by atoms with E-state index in [4.69, 9.17) is 0 Å². The third-order valence-electron chi connectivity index (χ3n) is 3.41. The summed E-state index contributed by atoms with van der Waals surface area (Å²) in [5, 5.41) is 1.22. The second kappa shape index (κ2) is 3.06. The molecule has 1 aliphatic carbocycles. The minimum atomic E-state index is -0.264. The van der Waals surface area contributed by atoms with Gasteiger partial charge < -0.3 is 4.57 Å². The predicted molar refractivity (Wildman–Crippen MR) is 62.0 cm³/mol. The summed E-state index contributed by atoms with van der Waals surface area (Å²) in [4.78, 5) is 14.4. The molecule has 80 valence electrons. The van der Waals surface area contributed by atoms with Gasteiger partial charge in [-0.2, -0.15) is 4.99 Å². The van der Waals surface area contributed by atoms with E-state index in [0.29, 0.717) is 0 Å². The van der Waals surface area contributed by atoms with Gasteiger partial charge in [0.25, 0.3) is 0 Å². The molecular formula is C13H12N2O. The highest BCUT2D eigenvalue weighted by atomic mass is 16.1. The number of aromatic nitrogens is 1. The Hall–Kier alpha value is -1.86. The molecule has 3 heteroatoms. The van der Waals surface area contributed by atoms with E-state index in [2.05, 4.69) is 33.8 Å². The fourth-order valence-electron chi connectivity index (χ4n) is 2.22. The van der Waals surface area contributed by atoms with E-state index in [-0.39, 0.29) is 5.54 Å². The molecule has 0 aliphatic heterocycles. The Morgan fingerprint density at radius 3 is 2.88 bits per heavy atom. The number of hydrogen-bond acceptors (Lipinski definition) is 2. The summed E-state index contributed by atoms with van der Waals surface area (Å²) < 4.78 is 2.08. The number of hydrogen-bond donors (Lipinski definition) is 0. The minimum Gasteiger partial charge on any atom is -0.351 e. The van der Waals surface area contributed by atoms with Crippen LogP contribution in [0.3, 0.4) is 0 Å².